The van der Waals surface area contributed by atoms with Crippen molar-refractivity contribution in [3.05, 3.63) is 53.1 Å². The topological polar surface area (TPSA) is 50.8 Å². The third-order valence-corrected chi connectivity index (χ3v) is 3.79. The van der Waals surface area contributed by atoms with Crippen molar-refractivity contribution in [3.63, 3.8) is 0 Å². The number of carbonyl (C=O) groups is 1. The van der Waals surface area contributed by atoms with Crippen molar-refractivity contribution < 1.29 is 23.0 Å². The minimum atomic E-state index is -2.95. The summed E-state index contributed by atoms with van der Waals surface area (Å²) in [6.45, 7) is -2.49. The molecule has 2 aromatic rings. The Morgan fingerprint density at radius 2 is 1.96 bits per heavy atom. The van der Waals surface area contributed by atoms with Crippen LogP contribution in [0.3, 0.4) is 0 Å². The Morgan fingerprint density at radius 3 is 2.62 bits per heavy atom. The molecule has 1 N–H and O–H groups in total. The molecule has 0 aliphatic carbocycles. The Labute approximate surface area is 155 Å². The van der Waals surface area contributed by atoms with Crippen molar-refractivity contribution in [1.82, 2.24) is 4.90 Å². The van der Waals surface area contributed by atoms with Crippen molar-refractivity contribution in [1.29, 1.82) is 0 Å². The summed E-state index contributed by atoms with van der Waals surface area (Å²) >= 11 is 6.01. The number of alkyl halides is 2. The Balaban J connectivity index is 1.97. The lowest BCUT2D eigenvalue weighted by Gasteiger charge is -2.18. The van der Waals surface area contributed by atoms with E-state index in [1.807, 2.05) is 0 Å². The van der Waals surface area contributed by atoms with Gasteiger partial charge in [0.2, 0.25) is 5.91 Å². The van der Waals surface area contributed by atoms with Gasteiger partial charge in [0.15, 0.2) is 11.5 Å². The van der Waals surface area contributed by atoms with Crippen LogP contribution in [0.5, 0.6) is 11.5 Å². The smallest absolute Gasteiger partial charge is 0.387 e. The van der Waals surface area contributed by atoms with Gasteiger partial charge in [0, 0.05) is 6.54 Å². The number of methoxy groups -OCH3 is 1. The number of amides is 1. The second-order valence-electron chi connectivity index (χ2n) is 5.56. The van der Waals surface area contributed by atoms with Gasteiger partial charge in [-0.1, -0.05) is 29.8 Å². The standard InChI is InChI=1S/C18H19ClF2N2O3/c1-23(11-17(24)22-14-6-4-3-5-13(14)19)10-12-7-8-15(25-2)16(9-12)26-18(20)21/h3-9,18H,10-11H2,1-2H3,(H,22,24). The van der Waals surface area contributed by atoms with Crippen LogP contribution in [0, 0.1) is 0 Å². The van der Waals surface area contributed by atoms with E-state index in [2.05, 4.69) is 10.1 Å². The normalized spacial score (nSPS) is 10.9. The summed E-state index contributed by atoms with van der Waals surface area (Å²) in [6.07, 6.45) is 0. The maximum Gasteiger partial charge on any atom is 0.387 e. The van der Waals surface area contributed by atoms with Gasteiger partial charge in [0.25, 0.3) is 0 Å². The van der Waals surface area contributed by atoms with Crippen molar-refractivity contribution >= 4 is 23.2 Å². The fourth-order valence-corrected chi connectivity index (χ4v) is 2.56. The highest BCUT2D eigenvalue weighted by Gasteiger charge is 2.13. The van der Waals surface area contributed by atoms with E-state index in [1.54, 1.807) is 48.3 Å². The van der Waals surface area contributed by atoms with E-state index in [-0.39, 0.29) is 24.0 Å². The summed E-state index contributed by atoms with van der Waals surface area (Å²) in [7, 11) is 3.11. The first kappa shape index (κ1) is 19.9. The zero-order valence-corrected chi connectivity index (χ0v) is 15.1. The Hall–Kier alpha value is -2.38. The number of likely N-dealkylation sites (N-methyl/N-ethyl adjacent to an activating group) is 1. The molecule has 0 aromatic heterocycles. The fourth-order valence-electron chi connectivity index (χ4n) is 2.37. The molecule has 0 saturated heterocycles. The lowest BCUT2D eigenvalue weighted by Crippen LogP contribution is -2.29. The van der Waals surface area contributed by atoms with E-state index >= 15 is 0 Å². The number of benzene rings is 2. The SMILES string of the molecule is COc1ccc(CN(C)CC(=O)Nc2ccccc2Cl)cc1OC(F)F. The van der Waals surface area contributed by atoms with Crippen LogP contribution in [-0.2, 0) is 11.3 Å². The van der Waals surface area contributed by atoms with Gasteiger partial charge in [-0.2, -0.15) is 8.78 Å². The van der Waals surface area contributed by atoms with E-state index in [0.29, 0.717) is 22.8 Å². The number of nitrogens with one attached hydrogen (secondary N) is 1. The van der Waals surface area contributed by atoms with Gasteiger partial charge >= 0.3 is 6.61 Å². The number of hydrogen-bond acceptors (Lipinski definition) is 4. The molecule has 1 amide bonds. The molecule has 0 fully saturated rings. The van der Waals surface area contributed by atoms with Crippen LogP contribution in [0.4, 0.5) is 14.5 Å². The molecule has 2 rings (SSSR count). The van der Waals surface area contributed by atoms with Crippen molar-refractivity contribution in [3.8, 4) is 11.5 Å². The third kappa shape index (κ3) is 5.86. The zero-order chi connectivity index (χ0) is 19.1. The number of nitrogens with zero attached hydrogens (tertiary/aromatic N) is 1. The predicted octanol–water partition coefficient (Wildman–Crippen LogP) is 4.02. The van der Waals surface area contributed by atoms with Crippen LogP contribution in [0.2, 0.25) is 5.02 Å². The van der Waals surface area contributed by atoms with Crippen molar-refractivity contribution in [2.45, 2.75) is 13.2 Å². The van der Waals surface area contributed by atoms with Gasteiger partial charge in [-0.3, -0.25) is 9.69 Å². The van der Waals surface area contributed by atoms with Gasteiger partial charge in [-0.15, -0.1) is 0 Å². The molecular formula is C18H19ClF2N2O3. The fraction of sp³-hybridized carbons (Fsp3) is 0.278. The summed E-state index contributed by atoms with van der Waals surface area (Å²) < 4.78 is 34.4. The van der Waals surface area contributed by atoms with Crippen molar-refractivity contribution in [2.75, 3.05) is 26.0 Å². The average molecular weight is 385 g/mol. The van der Waals surface area contributed by atoms with Crippen LogP contribution < -0.4 is 14.8 Å². The number of hydrogen-bond donors (Lipinski definition) is 1. The molecule has 140 valence electrons. The Kier molecular flexibility index (Phi) is 7.17. The minimum Gasteiger partial charge on any atom is -0.493 e. The van der Waals surface area contributed by atoms with Crippen molar-refractivity contribution in [2.24, 2.45) is 0 Å². The molecule has 0 atom stereocenters. The first-order valence-corrected chi connectivity index (χ1v) is 8.11. The van der Waals surface area contributed by atoms with Gasteiger partial charge in [-0.05, 0) is 36.9 Å². The molecule has 0 radical (unpaired) electrons. The highest BCUT2D eigenvalue weighted by molar-refractivity contribution is 6.33. The number of anilines is 1. The molecule has 5 nitrogen and oxygen atoms in total. The zero-order valence-electron chi connectivity index (χ0n) is 14.3. The van der Waals surface area contributed by atoms with Gasteiger partial charge in [0.1, 0.15) is 0 Å². The summed E-state index contributed by atoms with van der Waals surface area (Å²) in [5, 5.41) is 3.18. The Bertz CT molecular complexity index is 759. The van der Waals surface area contributed by atoms with E-state index in [0.717, 1.165) is 0 Å². The van der Waals surface area contributed by atoms with Crippen LogP contribution >= 0.6 is 11.6 Å². The lowest BCUT2D eigenvalue weighted by molar-refractivity contribution is -0.117. The van der Waals surface area contributed by atoms with Gasteiger partial charge in [0.05, 0.1) is 24.4 Å². The van der Waals surface area contributed by atoms with Crippen LogP contribution in [-0.4, -0.2) is 38.1 Å². The number of rotatable bonds is 8. The quantitative estimate of drug-likeness (QED) is 0.746. The molecule has 2 aromatic carbocycles. The molecule has 0 heterocycles. The van der Waals surface area contributed by atoms with E-state index < -0.39 is 6.61 Å². The molecule has 0 aliphatic heterocycles. The summed E-state index contributed by atoms with van der Waals surface area (Å²) in [6, 6.07) is 11.7. The average Bonchev–Trinajstić information content (AvgIpc) is 2.56. The minimum absolute atomic E-state index is 0.0473. The number of carbonyl (C=O) groups excluding carboxylic acids is 1. The molecule has 8 heteroatoms. The van der Waals surface area contributed by atoms with E-state index in [9.17, 15) is 13.6 Å². The highest BCUT2D eigenvalue weighted by Crippen LogP contribution is 2.29. The maximum absolute atomic E-state index is 12.5. The molecule has 0 aliphatic rings. The maximum atomic E-state index is 12.5. The molecule has 0 bridgehead atoms. The first-order valence-electron chi connectivity index (χ1n) is 7.73. The molecular weight excluding hydrogens is 366 g/mol. The third-order valence-electron chi connectivity index (χ3n) is 3.46. The second-order valence-corrected chi connectivity index (χ2v) is 5.97. The summed E-state index contributed by atoms with van der Waals surface area (Å²) in [5.41, 5.74) is 1.24. The van der Waals surface area contributed by atoms with Crippen LogP contribution in [0.25, 0.3) is 0 Å². The van der Waals surface area contributed by atoms with E-state index in [4.69, 9.17) is 16.3 Å². The largest absolute Gasteiger partial charge is 0.493 e. The lowest BCUT2D eigenvalue weighted by atomic mass is 10.2. The van der Waals surface area contributed by atoms with Gasteiger partial charge < -0.3 is 14.8 Å². The van der Waals surface area contributed by atoms with Crippen LogP contribution in [0.15, 0.2) is 42.5 Å². The predicted molar refractivity (Wildman–Crippen MR) is 96.0 cm³/mol. The molecule has 26 heavy (non-hydrogen) atoms. The summed E-state index contributed by atoms with van der Waals surface area (Å²) in [5.74, 6) is -0.0692. The molecule has 0 unspecified atom stereocenters. The number of ether oxygens (including phenoxy) is 2. The monoisotopic (exact) mass is 384 g/mol. The number of para-hydroxylation sites is 1. The highest BCUT2D eigenvalue weighted by atomic mass is 35.5. The number of halogens is 3. The Morgan fingerprint density at radius 1 is 1.23 bits per heavy atom. The first-order chi connectivity index (χ1) is 12.4. The van der Waals surface area contributed by atoms with E-state index in [1.165, 1.54) is 13.2 Å². The summed E-state index contributed by atoms with van der Waals surface area (Å²) in [4.78, 5) is 13.9. The second kappa shape index (κ2) is 9.35. The van der Waals surface area contributed by atoms with Crippen LogP contribution in [0.1, 0.15) is 5.56 Å². The molecule has 0 saturated carbocycles. The van der Waals surface area contributed by atoms with Gasteiger partial charge in [-0.25, -0.2) is 0 Å². The molecule has 0 spiro atoms.